The van der Waals surface area contributed by atoms with Crippen LogP contribution in [0.15, 0.2) is 77.7 Å². The molecule has 3 aromatic carbocycles. The summed E-state index contributed by atoms with van der Waals surface area (Å²) in [5, 5.41) is 0.674. The van der Waals surface area contributed by atoms with Gasteiger partial charge in [0.05, 0.1) is 21.5 Å². The van der Waals surface area contributed by atoms with Crippen molar-refractivity contribution < 1.29 is 17.6 Å². The number of amides is 1. The number of rotatable bonds is 7. The molecule has 0 aliphatic carbocycles. The van der Waals surface area contributed by atoms with Crippen molar-refractivity contribution in [1.82, 2.24) is 9.21 Å². The van der Waals surface area contributed by atoms with Crippen molar-refractivity contribution in [2.45, 2.75) is 11.4 Å². The molecule has 0 aromatic heterocycles. The Balaban J connectivity index is 1.50. The van der Waals surface area contributed by atoms with Gasteiger partial charge in [0.1, 0.15) is 5.82 Å². The molecule has 1 heterocycles. The lowest BCUT2D eigenvalue weighted by atomic mass is 10.2. The number of carbonyl (C=O) groups is 1. The fraction of sp³-hybridized carbons (Fsp3) is 0.240. The molecule has 35 heavy (non-hydrogen) atoms. The highest BCUT2D eigenvalue weighted by Crippen LogP contribution is 2.25. The zero-order valence-electron chi connectivity index (χ0n) is 18.8. The first kappa shape index (κ1) is 25.4. The third-order valence-corrected chi connectivity index (χ3v) is 8.40. The zero-order chi connectivity index (χ0) is 25.0. The molecule has 0 radical (unpaired) electrons. The number of sulfonamides is 1. The topological polar surface area (TPSA) is 60.9 Å². The van der Waals surface area contributed by atoms with Crippen LogP contribution in [0, 0.1) is 5.82 Å². The standard InChI is InChI=1S/C25H24Cl2FN3O3S/c26-23-11-6-19(16-24(23)27)17-31(35(33,34)22-4-2-1-3-5-22)18-25(32)30-14-12-29(13-15-30)21-9-7-20(28)8-10-21/h1-11,16H,12-15,17-18H2. The summed E-state index contributed by atoms with van der Waals surface area (Å²) < 4.78 is 41.2. The van der Waals surface area contributed by atoms with Gasteiger partial charge in [0.2, 0.25) is 15.9 Å². The van der Waals surface area contributed by atoms with Crippen molar-refractivity contribution in [2.24, 2.45) is 0 Å². The molecule has 10 heteroatoms. The number of hydrogen-bond donors (Lipinski definition) is 0. The van der Waals surface area contributed by atoms with Crippen LogP contribution in [0.5, 0.6) is 0 Å². The van der Waals surface area contributed by atoms with Crippen molar-refractivity contribution in [3.8, 4) is 0 Å². The highest BCUT2D eigenvalue weighted by atomic mass is 35.5. The van der Waals surface area contributed by atoms with Crippen LogP contribution in [-0.2, 0) is 21.4 Å². The number of halogens is 3. The molecule has 0 saturated carbocycles. The van der Waals surface area contributed by atoms with Gasteiger partial charge in [-0.05, 0) is 54.1 Å². The SMILES string of the molecule is O=C(CN(Cc1ccc(Cl)c(Cl)c1)S(=O)(=O)c1ccccc1)N1CCN(c2ccc(F)cc2)CC1. The Labute approximate surface area is 214 Å². The maximum Gasteiger partial charge on any atom is 0.243 e. The molecule has 3 aromatic rings. The third kappa shape index (κ3) is 6.13. The van der Waals surface area contributed by atoms with Crippen LogP contribution >= 0.6 is 23.2 Å². The van der Waals surface area contributed by atoms with E-state index in [4.69, 9.17) is 23.2 Å². The Hall–Kier alpha value is -2.65. The normalized spacial score (nSPS) is 14.4. The van der Waals surface area contributed by atoms with Gasteiger partial charge in [-0.15, -0.1) is 0 Å². The molecule has 0 N–H and O–H groups in total. The van der Waals surface area contributed by atoms with Crippen molar-refractivity contribution in [1.29, 1.82) is 0 Å². The average Bonchev–Trinajstić information content (AvgIpc) is 2.87. The van der Waals surface area contributed by atoms with E-state index in [1.165, 1.54) is 24.3 Å². The molecule has 184 valence electrons. The van der Waals surface area contributed by atoms with Gasteiger partial charge in [0.15, 0.2) is 0 Å². The number of hydrogen-bond acceptors (Lipinski definition) is 4. The minimum atomic E-state index is -3.95. The maximum atomic E-state index is 13.4. The van der Waals surface area contributed by atoms with E-state index in [1.807, 2.05) is 0 Å². The van der Waals surface area contributed by atoms with E-state index >= 15 is 0 Å². The predicted octanol–water partition coefficient (Wildman–Crippen LogP) is 4.67. The van der Waals surface area contributed by atoms with E-state index in [1.54, 1.807) is 53.4 Å². The molecule has 4 rings (SSSR count). The lowest BCUT2D eigenvalue weighted by Crippen LogP contribution is -2.51. The first-order chi connectivity index (χ1) is 16.7. The second-order valence-electron chi connectivity index (χ2n) is 8.18. The van der Waals surface area contributed by atoms with Gasteiger partial charge in [0, 0.05) is 38.4 Å². The molecule has 1 amide bonds. The minimum Gasteiger partial charge on any atom is -0.368 e. The summed E-state index contributed by atoms with van der Waals surface area (Å²) in [6, 6.07) is 19.1. The van der Waals surface area contributed by atoms with Crippen molar-refractivity contribution >= 4 is 44.8 Å². The number of piperazine rings is 1. The maximum absolute atomic E-state index is 13.4. The van der Waals surface area contributed by atoms with Crippen LogP contribution in [0.1, 0.15) is 5.56 Å². The fourth-order valence-corrected chi connectivity index (χ4v) is 5.65. The summed E-state index contributed by atoms with van der Waals surface area (Å²) in [5.41, 5.74) is 1.50. The van der Waals surface area contributed by atoms with Crippen molar-refractivity contribution in [2.75, 3.05) is 37.6 Å². The van der Waals surface area contributed by atoms with Gasteiger partial charge in [-0.1, -0.05) is 47.5 Å². The van der Waals surface area contributed by atoms with Crippen LogP contribution in [0.25, 0.3) is 0 Å². The van der Waals surface area contributed by atoms with Crippen LogP contribution in [0.2, 0.25) is 10.0 Å². The Morgan fingerprint density at radius 3 is 2.17 bits per heavy atom. The summed E-state index contributed by atoms with van der Waals surface area (Å²) >= 11 is 12.1. The summed E-state index contributed by atoms with van der Waals surface area (Å²) in [6.07, 6.45) is 0. The Bertz CT molecular complexity index is 1280. The lowest BCUT2D eigenvalue weighted by Gasteiger charge is -2.37. The molecule has 0 bridgehead atoms. The van der Waals surface area contributed by atoms with E-state index in [9.17, 15) is 17.6 Å². The number of carbonyl (C=O) groups excluding carboxylic acids is 1. The van der Waals surface area contributed by atoms with E-state index in [2.05, 4.69) is 4.90 Å². The molecule has 0 spiro atoms. The summed E-state index contributed by atoms with van der Waals surface area (Å²) in [5.74, 6) is -0.590. The summed E-state index contributed by atoms with van der Waals surface area (Å²) in [4.78, 5) is 17.0. The molecule has 1 fully saturated rings. The van der Waals surface area contributed by atoms with E-state index in [-0.39, 0.29) is 29.7 Å². The van der Waals surface area contributed by atoms with Crippen LogP contribution < -0.4 is 4.90 Å². The molecule has 1 aliphatic heterocycles. The van der Waals surface area contributed by atoms with Gasteiger partial charge >= 0.3 is 0 Å². The van der Waals surface area contributed by atoms with Gasteiger partial charge in [-0.3, -0.25) is 4.79 Å². The van der Waals surface area contributed by atoms with Gasteiger partial charge in [-0.2, -0.15) is 4.31 Å². The van der Waals surface area contributed by atoms with Crippen molar-refractivity contribution in [3.05, 3.63) is 94.2 Å². The number of nitrogens with zero attached hydrogens (tertiary/aromatic N) is 3. The molecular formula is C25H24Cl2FN3O3S. The van der Waals surface area contributed by atoms with Gasteiger partial charge in [0.25, 0.3) is 0 Å². The fourth-order valence-electron chi connectivity index (χ4n) is 3.93. The van der Waals surface area contributed by atoms with Gasteiger partial charge in [-0.25, -0.2) is 12.8 Å². The lowest BCUT2D eigenvalue weighted by molar-refractivity contribution is -0.131. The molecule has 1 saturated heterocycles. The predicted molar refractivity (Wildman–Crippen MR) is 136 cm³/mol. The summed E-state index contributed by atoms with van der Waals surface area (Å²) in [6.45, 7) is 1.65. The minimum absolute atomic E-state index is 0.0323. The Kier molecular flexibility index (Phi) is 7.96. The Morgan fingerprint density at radius 2 is 1.54 bits per heavy atom. The first-order valence-electron chi connectivity index (χ1n) is 11.0. The highest BCUT2D eigenvalue weighted by molar-refractivity contribution is 7.89. The second kappa shape index (κ2) is 11.0. The third-order valence-electron chi connectivity index (χ3n) is 5.86. The first-order valence-corrected chi connectivity index (χ1v) is 13.2. The van der Waals surface area contributed by atoms with Gasteiger partial charge < -0.3 is 9.80 Å². The summed E-state index contributed by atoms with van der Waals surface area (Å²) in [7, 11) is -3.95. The Morgan fingerprint density at radius 1 is 0.886 bits per heavy atom. The smallest absolute Gasteiger partial charge is 0.243 e. The quantitative estimate of drug-likeness (QED) is 0.441. The molecule has 0 unspecified atom stereocenters. The van der Waals surface area contributed by atoms with Crippen LogP contribution in [0.3, 0.4) is 0 Å². The average molecular weight is 536 g/mol. The monoisotopic (exact) mass is 535 g/mol. The molecule has 0 atom stereocenters. The van der Waals surface area contributed by atoms with E-state index in [0.717, 1.165) is 9.99 Å². The largest absolute Gasteiger partial charge is 0.368 e. The molecule has 6 nitrogen and oxygen atoms in total. The molecular weight excluding hydrogens is 512 g/mol. The van der Waals surface area contributed by atoms with Crippen LogP contribution in [0.4, 0.5) is 10.1 Å². The van der Waals surface area contributed by atoms with Crippen molar-refractivity contribution in [3.63, 3.8) is 0 Å². The highest BCUT2D eigenvalue weighted by Gasteiger charge is 2.30. The number of benzene rings is 3. The number of anilines is 1. The second-order valence-corrected chi connectivity index (χ2v) is 10.9. The molecule has 1 aliphatic rings. The van der Waals surface area contributed by atoms with E-state index in [0.29, 0.717) is 41.8 Å². The van der Waals surface area contributed by atoms with E-state index < -0.39 is 10.0 Å². The zero-order valence-corrected chi connectivity index (χ0v) is 21.1. The van der Waals surface area contributed by atoms with Crippen LogP contribution in [-0.4, -0.2) is 56.3 Å².